The first-order valence-electron chi connectivity index (χ1n) is 5.95. The van der Waals surface area contributed by atoms with Crippen LogP contribution in [0.2, 0.25) is 11.6 Å². The summed E-state index contributed by atoms with van der Waals surface area (Å²) in [5.41, 5.74) is 0.865. The Morgan fingerprint density at radius 1 is 1.20 bits per heavy atom. The van der Waals surface area contributed by atoms with Gasteiger partial charge in [-0.05, 0) is 25.6 Å². The standard InChI is InChI=1S/C13H23NSi/c1-12(2)15(11-7-10-14-3)13-8-5-4-6-9-13/h4-6,8-9,12,14-15H,7,10-11H2,1-3H3. The summed E-state index contributed by atoms with van der Waals surface area (Å²) in [6, 6.07) is 12.5. The van der Waals surface area contributed by atoms with Crippen molar-refractivity contribution in [1.29, 1.82) is 0 Å². The summed E-state index contributed by atoms with van der Waals surface area (Å²) in [5, 5.41) is 4.86. The average Bonchev–Trinajstić information content (AvgIpc) is 2.25. The largest absolute Gasteiger partial charge is 0.320 e. The van der Waals surface area contributed by atoms with Crippen LogP contribution in [-0.2, 0) is 0 Å². The van der Waals surface area contributed by atoms with E-state index in [1.54, 1.807) is 5.19 Å². The molecule has 0 fully saturated rings. The summed E-state index contributed by atoms with van der Waals surface area (Å²) in [7, 11) is 1.30. The van der Waals surface area contributed by atoms with E-state index in [0.29, 0.717) is 0 Å². The third kappa shape index (κ3) is 4.18. The van der Waals surface area contributed by atoms with Crippen LogP contribution < -0.4 is 10.5 Å². The summed E-state index contributed by atoms with van der Waals surface area (Å²) in [6.07, 6.45) is 1.32. The number of rotatable bonds is 6. The van der Waals surface area contributed by atoms with E-state index in [0.717, 1.165) is 12.1 Å². The second-order valence-electron chi connectivity index (χ2n) is 4.51. The molecule has 0 bridgehead atoms. The van der Waals surface area contributed by atoms with Gasteiger partial charge in [0.1, 0.15) is 0 Å². The summed E-state index contributed by atoms with van der Waals surface area (Å²) in [5.74, 6) is 0. The Hall–Kier alpha value is -0.603. The third-order valence-electron chi connectivity index (χ3n) is 2.97. The Labute approximate surface area is 95.5 Å². The molecule has 1 N–H and O–H groups in total. The third-order valence-corrected chi connectivity index (χ3v) is 6.86. The molecule has 0 heterocycles. The molecule has 84 valence electrons. The lowest BCUT2D eigenvalue weighted by Crippen LogP contribution is -2.33. The molecular formula is C13H23NSi. The Balaban J connectivity index is 2.58. The molecule has 0 aliphatic carbocycles. The maximum atomic E-state index is 3.24. The van der Waals surface area contributed by atoms with Gasteiger partial charge < -0.3 is 5.32 Å². The molecule has 1 aromatic rings. The highest BCUT2D eigenvalue weighted by molar-refractivity contribution is 6.74. The highest BCUT2D eigenvalue weighted by Crippen LogP contribution is 2.13. The molecule has 0 aliphatic rings. The zero-order valence-corrected chi connectivity index (χ0v) is 11.3. The number of hydrogen-bond donors (Lipinski definition) is 1. The molecule has 1 nitrogen and oxygen atoms in total. The Bertz CT molecular complexity index is 258. The highest BCUT2D eigenvalue weighted by Gasteiger charge is 2.16. The van der Waals surface area contributed by atoms with Crippen LogP contribution >= 0.6 is 0 Å². The summed E-state index contributed by atoms with van der Waals surface area (Å²) in [4.78, 5) is 0. The lowest BCUT2D eigenvalue weighted by atomic mass is 10.4. The van der Waals surface area contributed by atoms with E-state index in [1.807, 2.05) is 7.05 Å². The predicted octanol–water partition coefficient (Wildman–Crippen LogP) is 2.14. The molecule has 0 aliphatic heterocycles. The van der Waals surface area contributed by atoms with E-state index >= 15 is 0 Å². The zero-order valence-electron chi connectivity index (χ0n) is 10.2. The van der Waals surface area contributed by atoms with Crippen LogP contribution in [0.4, 0.5) is 0 Å². The van der Waals surface area contributed by atoms with Gasteiger partial charge in [-0.2, -0.15) is 0 Å². The van der Waals surface area contributed by atoms with Crippen molar-refractivity contribution >= 4 is 14.0 Å². The molecular weight excluding hydrogens is 198 g/mol. The highest BCUT2D eigenvalue weighted by atomic mass is 28.3. The van der Waals surface area contributed by atoms with Gasteiger partial charge in [-0.1, -0.05) is 55.4 Å². The van der Waals surface area contributed by atoms with Gasteiger partial charge in [-0.25, -0.2) is 0 Å². The lowest BCUT2D eigenvalue weighted by Gasteiger charge is -2.19. The number of hydrogen-bond acceptors (Lipinski definition) is 1. The molecule has 0 spiro atoms. The van der Waals surface area contributed by atoms with Crippen molar-refractivity contribution in [2.45, 2.75) is 31.9 Å². The van der Waals surface area contributed by atoms with E-state index in [2.05, 4.69) is 49.5 Å². The first-order chi connectivity index (χ1) is 7.25. The first kappa shape index (κ1) is 12.5. The van der Waals surface area contributed by atoms with Crippen LogP contribution in [0.3, 0.4) is 0 Å². The van der Waals surface area contributed by atoms with Crippen molar-refractivity contribution in [3.63, 3.8) is 0 Å². The minimum absolute atomic E-state index is 0.737. The van der Waals surface area contributed by atoms with Gasteiger partial charge in [0.15, 0.2) is 0 Å². The normalized spacial score (nSPS) is 13.1. The minimum Gasteiger partial charge on any atom is -0.320 e. The molecule has 2 heteroatoms. The smallest absolute Gasteiger partial charge is 0.0733 e. The van der Waals surface area contributed by atoms with Gasteiger partial charge in [0.05, 0.1) is 8.80 Å². The molecule has 1 rings (SSSR count). The average molecular weight is 221 g/mol. The first-order valence-corrected chi connectivity index (χ1v) is 8.01. The monoisotopic (exact) mass is 221 g/mol. The summed E-state index contributed by atoms with van der Waals surface area (Å²) < 4.78 is 0. The van der Waals surface area contributed by atoms with Crippen molar-refractivity contribution in [2.24, 2.45) is 0 Å². The van der Waals surface area contributed by atoms with Crippen LogP contribution in [0.5, 0.6) is 0 Å². The van der Waals surface area contributed by atoms with Crippen LogP contribution in [-0.4, -0.2) is 22.4 Å². The minimum atomic E-state index is -0.737. The van der Waals surface area contributed by atoms with Crippen molar-refractivity contribution in [3.05, 3.63) is 30.3 Å². The molecule has 15 heavy (non-hydrogen) atoms. The molecule has 1 atom stereocenters. The fraction of sp³-hybridized carbons (Fsp3) is 0.538. The topological polar surface area (TPSA) is 12.0 Å². The Morgan fingerprint density at radius 2 is 1.87 bits per heavy atom. The van der Waals surface area contributed by atoms with Gasteiger partial charge in [-0.15, -0.1) is 0 Å². The fourth-order valence-corrected chi connectivity index (χ4v) is 5.21. The van der Waals surface area contributed by atoms with E-state index < -0.39 is 8.80 Å². The molecule has 0 saturated carbocycles. The molecule has 0 aromatic heterocycles. The van der Waals surface area contributed by atoms with Crippen LogP contribution in [0.1, 0.15) is 20.3 Å². The van der Waals surface area contributed by atoms with Gasteiger partial charge in [0.25, 0.3) is 0 Å². The molecule has 0 radical (unpaired) electrons. The van der Waals surface area contributed by atoms with Gasteiger partial charge >= 0.3 is 0 Å². The van der Waals surface area contributed by atoms with Crippen molar-refractivity contribution in [1.82, 2.24) is 5.32 Å². The van der Waals surface area contributed by atoms with Crippen LogP contribution in [0.15, 0.2) is 30.3 Å². The SMILES string of the molecule is CNCCC[SiH](c1ccccc1)C(C)C. The van der Waals surface area contributed by atoms with E-state index in [1.165, 1.54) is 12.5 Å². The summed E-state index contributed by atoms with van der Waals surface area (Å²) >= 11 is 0. The lowest BCUT2D eigenvalue weighted by molar-refractivity contribution is 0.764. The van der Waals surface area contributed by atoms with Crippen molar-refractivity contribution < 1.29 is 0 Å². The number of nitrogens with one attached hydrogen (secondary N) is 1. The Morgan fingerprint density at radius 3 is 2.40 bits per heavy atom. The molecule has 1 unspecified atom stereocenters. The van der Waals surface area contributed by atoms with E-state index in [4.69, 9.17) is 0 Å². The quantitative estimate of drug-likeness (QED) is 0.573. The molecule has 0 amide bonds. The van der Waals surface area contributed by atoms with E-state index in [9.17, 15) is 0 Å². The van der Waals surface area contributed by atoms with Crippen LogP contribution in [0, 0.1) is 0 Å². The van der Waals surface area contributed by atoms with Gasteiger partial charge in [-0.3, -0.25) is 0 Å². The van der Waals surface area contributed by atoms with E-state index in [-0.39, 0.29) is 0 Å². The maximum Gasteiger partial charge on any atom is 0.0733 e. The Kier molecular flexibility index (Phi) is 5.65. The predicted molar refractivity (Wildman–Crippen MR) is 71.7 cm³/mol. The fourth-order valence-electron chi connectivity index (χ4n) is 2.08. The second-order valence-corrected chi connectivity index (χ2v) is 8.30. The van der Waals surface area contributed by atoms with Gasteiger partial charge in [0.2, 0.25) is 0 Å². The number of benzene rings is 1. The second kappa shape index (κ2) is 6.80. The van der Waals surface area contributed by atoms with Crippen molar-refractivity contribution in [3.8, 4) is 0 Å². The molecule has 1 aromatic carbocycles. The summed E-state index contributed by atoms with van der Waals surface area (Å²) in [6.45, 7) is 5.91. The molecule has 0 saturated heterocycles. The van der Waals surface area contributed by atoms with Crippen LogP contribution in [0.25, 0.3) is 0 Å². The van der Waals surface area contributed by atoms with Crippen molar-refractivity contribution in [2.75, 3.05) is 13.6 Å². The maximum absolute atomic E-state index is 3.24. The zero-order chi connectivity index (χ0) is 11.1. The van der Waals surface area contributed by atoms with Gasteiger partial charge in [0, 0.05) is 0 Å².